The lowest BCUT2D eigenvalue weighted by Crippen LogP contribution is -2.15. The van der Waals surface area contributed by atoms with Crippen molar-refractivity contribution in [2.24, 2.45) is 0 Å². The van der Waals surface area contributed by atoms with E-state index < -0.39 is 0 Å². The van der Waals surface area contributed by atoms with Crippen molar-refractivity contribution in [3.8, 4) is 5.75 Å². The minimum absolute atomic E-state index is 0.167. The van der Waals surface area contributed by atoms with Gasteiger partial charge in [0.2, 0.25) is 5.91 Å². The number of aryl methyl sites for hydroxylation is 1. The Bertz CT molecular complexity index is 610. The number of aromatic nitrogens is 2. The number of anilines is 1. The molecule has 0 spiro atoms. The Morgan fingerprint density at radius 3 is 2.90 bits per heavy atom. The van der Waals surface area contributed by atoms with Gasteiger partial charge < -0.3 is 10.1 Å². The van der Waals surface area contributed by atoms with Gasteiger partial charge >= 0.3 is 0 Å². The lowest BCUT2D eigenvalue weighted by molar-refractivity contribution is -0.115. The molecule has 1 aromatic carbocycles. The molecule has 0 unspecified atom stereocenters. The smallest absolute Gasteiger partial charge is 0.230 e. The molecule has 0 saturated heterocycles. The first-order chi connectivity index (χ1) is 9.62. The van der Waals surface area contributed by atoms with Crippen LogP contribution >= 0.6 is 11.6 Å². The van der Waals surface area contributed by atoms with E-state index in [1.807, 2.05) is 13.0 Å². The molecule has 1 heterocycles. The summed E-state index contributed by atoms with van der Waals surface area (Å²) < 4.78 is 5.21. The molecule has 0 saturated carbocycles. The van der Waals surface area contributed by atoms with Gasteiger partial charge in [-0.3, -0.25) is 9.89 Å². The quantitative estimate of drug-likeness (QED) is 0.891. The molecule has 5 nitrogen and oxygen atoms in total. The summed E-state index contributed by atoms with van der Waals surface area (Å²) >= 11 is 5.93. The van der Waals surface area contributed by atoms with Gasteiger partial charge in [0.05, 0.1) is 13.5 Å². The maximum absolute atomic E-state index is 12.0. The van der Waals surface area contributed by atoms with Crippen molar-refractivity contribution in [3.05, 3.63) is 40.5 Å². The van der Waals surface area contributed by atoms with Gasteiger partial charge in [-0.2, -0.15) is 5.10 Å². The van der Waals surface area contributed by atoms with E-state index in [4.69, 9.17) is 16.3 Å². The van der Waals surface area contributed by atoms with Crippen LogP contribution in [0.15, 0.2) is 24.3 Å². The van der Waals surface area contributed by atoms with Crippen LogP contribution in [0.2, 0.25) is 5.02 Å². The fraction of sp³-hybridized carbons (Fsp3) is 0.286. The molecular formula is C14H16ClN3O2. The first-order valence-corrected chi connectivity index (χ1v) is 6.66. The number of methoxy groups -OCH3 is 1. The summed E-state index contributed by atoms with van der Waals surface area (Å²) in [5.74, 6) is 0.994. The van der Waals surface area contributed by atoms with Gasteiger partial charge in [0.25, 0.3) is 0 Å². The molecule has 0 aliphatic carbocycles. The van der Waals surface area contributed by atoms with Crippen molar-refractivity contribution >= 4 is 23.3 Å². The Labute approximate surface area is 122 Å². The van der Waals surface area contributed by atoms with Gasteiger partial charge in [-0.15, -0.1) is 0 Å². The molecular weight excluding hydrogens is 278 g/mol. The Balaban J connectivity index is 2.06. The number of benzene rings is 1. The Kier molecular flexibility index (Phi) is 4.63. The molecule has 0 atom stereocenters. The van der Waals surface area contributed by atoms with Crippen LogP contribution in [0, 0.1) is 0 Å². The van der Waals surface area contributed by atoms with E-state index in [9.17, 15) is 4.79 Å². The molecule has 2 rings (SSSR count). The van der Waals surface area contributed by atoms with E-state index in [1.165, 1.54) is 0 Å². The third-order valence-corrected chi connectivity index (χ3v) is 3.11. The standard InChI is InChI=1S/C14H16ClN3O2/c1-3-11-8-13(18-17-11)16-14(19)7-9-6-10(15)4-5-12(9)20-2/h4-6,8H,3,7H2,1-2H3,(H2,16,17,18,19). The second-order valence-corrected chi connectivity index (χ2v) is 4.75. The maximum Gasteiger partial charge on any atom is 0.230 e. The number of amides is 1. The maximum atomic E-state index is 12.0. The topological polar surface area (TPSA) is 67.0 Å². The summed E-state index contributed by atoms with van der Waals surface area (Å²) in [5.41, 5.74) is 1.71. The zero-order valence-electron chi connectivity index (χ0n) is 11.4. The highest BCUT2D eigenvalue weighted by Gasteiger charge is 2.11. The minimum Gasteiger partial charge on any atom is -0.496 e. The number of aromatic amines is 1. The fourth-order valence-electron chi connectivity index (χ4n) is 1.85. The molecule has 2 N–H and O–H groups in total. The molecule has 106 valence electrons. The van der Waals surface area contributed by atoms with Gasteiger partial charge in [0.1, 0.15) is 5.75 Å². The predicted octanol–water partition coefficient (Wildman–Crippen LogP) is 2.82. The number of carbonyl (C=O) groups excluding carboxylic acids is 1. The van der Waals surface area contributed by atoms with Crippen LogP contribution in [-0.2, 0) is 17.6 Å². The highest BCUT2D eigenvalue weighted by molar-refractivity contribution is 6.30. The molecule has 0 aliphatic rings. The number of hydrogen-bond donors (Lipinski definition) is 2. The van der Waals surface area contributed by atoms with E-state index in [0.717, 1.165) is 17.7 Å². The van der Waals surface area contributed by atoms with Crippen LogP contribution in [0.1, 0.15) is 18.2 Å². The summed E-state index contributed by atoms with van der Waals surface area (Å²) in [5, 5.41) is 10.2. The predicted molar refractivity (Wildman–Crippen MR) is 78.3 cm³/mol. The summed E-state index contributed by atoms with van der Waals surface area (Å²) in [6.45, 7) is 2.01. The van der Waals surface area contributed by atoms with E-state index in [1.54, 1.807) is 25.3 Å². The molecule has 20 heavy (non-hydrogen) atoms. The van der Waals surface area contributed by atoms with Crippen molar-refractivity contribution in [1.29, 1.82) is 0 Å². The van der Waals surface area contributed by atoms with E-state index in [0.29, 0.717) is 16.6 Å². The molecule has 0 fully saturated rings. The Morgan fingerprint density at radius 1 is 1.45 bits per heavy atom. The normalized spacial score (nSPS) is 10.3. The summed E-state index contributed by atoms with van der Waals surface area (Å²) in [6, 6.07) is 7.01. The Hall–Kier alpha value is -2.01. The highest BCUT2D eigenvalue weighted by atomic mass is 35.5. The first-order valence-electron chi connectivity index (χ1n) is 6.29. The third-order valence-electron chi connectivity index (χ3n) is 2.87. The highest BCUT2D eigenvalue weighted by Crippen LogP contribution is 2.23. The number of nitrogens with one attached hydrogen (secondary N) is 2. The van der Waals surface area contributed by atoms with Crippen LogP contribution in [-0.4, -0.2) is 23.2 Å². The van der Waals surface area contributed by atoms with Crippen LogP contribution in [0.5, 0.6) is 5.75 Å². The van der Waals surface area contributed by atoms with Crippen molar-refractivity contribution in [1.82, 2.24) is 10.2 Å². The van der Waals surface area contributed by atoms with Crippen LogP contribution in [0.3, 0.4) is 0 Å². The van der Waals surface area contributed by atoms with Gasteiger partial charge in [0, 0.05) is 22.3 Å². The van der Waals surface area contributed by atoms with Crippen LogP contribution in [0.25, 0.3) is 0 Å². The molecule has 1 aromatic heterocycles. The second-order valence-electron chi connectivity index (χ2n) is 4.31. The number of halogens is 1. The lowest BCUT2D eigenvalue weighted by Gasteiger charge is -2.08. The zero-order valence-corrected chi connectivity index (χ0v) is 12.1. The van der Waals surface area contributed by atoms with Crippen molar-refractivity contribution in [2.45, 2.75) is 19.8 Å². The molecule has 0 bridgehead atoms. The number of rotatable bonds is 5. The summed E-state index contributed by atoms with van der Waals surface area (Å²) in [7, 11) is 1.56. The summed E-state index contributed by atoms with van der Waals surface area (Å²) in [4.78, 5) is 12.0. The molecule has 1 amide bonds. The molecule has 0 radical (unpaired) electrons. The van der Waals surface area contributed by atoms with Crippen LogP contribution in [0.4, 0.5) is 5.82 Å². The van der Waals surface area contributed by atoms with Gasteiger partial charge in [-0.25, -0.2) is 0 Å². The average molecular weight is 294 g/mol. The monoisotopic (exact) mass is 293 g/mol. The number of H-pyrrole nitrogens is 1. The average Bonchev–Trinajstić information content (AvgIpc) is 2.86. The fourth-order valence-corrected chi connectivity index (χ4v) is 2.05. The lowest BCUT2D eigenvalue weighted by atomic mass is 10.1. The number of hydrogen-bond acceptors (Lipinski definition) is 3. The number of ether oxygens (including phenoxy) is 1. The third kappa shape index (κ3) is 3.51. The van der Waals surface area contributed by atoms with Gasteiger partial charge in [-0.05, 0) is 24.6 Å². The molecule has 0 aliphatic heterocycles. The number of carbonyl (C=O) groups is 1. The van der Waals surface area contributed by atoms with E-state index in [-0.39, 0.29) is 12.3 Å². The van der Waals surface area contributed by atoms with Crippen molar-refractivity contribution < 1.29 is 9.53 Å². The van der Waals surface area contributed by atoms with E-state index >= 15 is 0 Å². The van der Waals surface area contributed by atoms with E-state index in [2.05, 4.69) is 15.5 Å². The second kappa shape index (κ2) is 6.43. The first kappa shape index (κ1) is 14.4. The number of nitrogens with zero attached hydrogens (tertiary/aromatic N) is 1. The van der Waals surface area contributed by atoms with Crippen molar-refractivity contribution in [2.75, 3.05) is 12.4 Å². The molecule has 2 aromatic rings. The minimum atomic E-state index is -0.167. The molecule has 6 heteroatoms. The summed E-state index contributed by atoms with van der Waals surface area (Å²) in [6.07, 6.45) is 1.02. The van der Waals surface area contributed by atoms with Crippen LogP contribution < -0.4 is 10.1 Å². The van der Waals surface area contributed by atoms with Gasteiger partial charge in [-0.1, -0.05) is 18.5 Å². The van der Waals surface area contributed by atoms with Crippen molar-refractivity contribution in [3.63, 3.8) is 0 Å². The zero-order chi connectivity index (χ0) is 14.5. The largest absolute Gasteiger partial charge is 0.496 e. The Morgan fingerprint density at radius 2 is 2.25 bits per heavy atom. The SMILES string of the molecule is CCc1cc(NC(=O)Cc2cc(Cl)ccc2OC)n[nH]1. The van der Waals surface area contributed by atoms with Gasteiger partial charge in [0.15, 0.2) is 5.82 Å².